The van der Waals surface area contributed by atoms with Gasteiger partial charge in [-0.05, 0) is 56.0 Å². The molecule has 198 valence electrons. The number of halogens is 3. The molecule has 11 heteroatoms. The molecule has 2 aliphatic rings. The van der Waals surface area contributed by atoms with Crippen molar-refractivity contribution in [2.75, 3.05) is 25.0 Å². The summed E-state index contributed by atoms with van der Waals surface area (Å²) in [5.74, 6) is -0.280. The number of rotatable bonds is 6. The first-order chi connectivity index (χ1) is 18.2. The summed E-state index contributed by atoms with van der Waals surface area (Å²) in [5.41, 5.74) is -0.274. The second-order valence-corrected chi connectivity index (χ2v) is 9.88. The lowest BCUT2D eigenvalue weighted by Gasteiger charge is -2.46. The predicted molar refractivity (Wildman–Crippen MR) is 135 cm³/mol. The van der Waals surface area contributed by atoms with Crippen molar-refractivity contribution in [3.8, 4) is 6.07 Å². The molecule has 1 saturated heterocycles. The maximum Gasteiger partial charge on any atom is 0.416 e. The average Bonchev–Trinajstić information content (AvgIpc) is 2.88. The molecular weight excluding hydrogens is 497 g/mol. The van der Waals surface area contributed by atoms with Crippen LogP contribution in [-0.2, 0) is 11.0 Å². The minimum absolute atomic E-state index is 0.000507. The van der Waals surface area contributed by atoms with Gasteiger partial charge in [0.2, 0.25) is 5.91 Å². The summed E-state index contributed by atoms with van der Waals surface area (Å²) in [7, 11) is 0. The van der Waals surface area contributed by atoms with Gasteiger partial charge in [0.15, 0.2) is 0 Å². The molecule has 2 N–H and O–H groups in total. The van der Waals surface area contributed by atoms with Crippen molar-refractivity contribution in [2.24, 2.45) is 0 Å². The van der Waals surface area contributed by atoms with Crippen molar-refractivity contribution < 1.29 is 18.0 Å². The summed E-state index contributed by atoms with van der Waals surface area (Å²) in [6, 6.07) is 12.2. The van der Waals surface area contributed by atoms with E-state index in [1.54, 1.807) is 12.1 Å². The molecule has 3 aromatic rings. The van der Waals surface area contributed by atoms with Gasteiger partial charge in [0.1, 0.15) is 11.8 Å². The Morgan fingerprint density at radius 2 is 1.82 bits per heavy atom. The zero-order valence-corrected chi connectivity index (χ0v) is 20.5. The number of nitriles is 1. The van der Waals surface area contributed by atoms with Crippen LogP contribution in [0.2, 0.25) is 0 Å². The number of hydrogen-bond donors (Lipinski definition) is 2. The second kappa shape index (κ2) is 10.5. The van der Waals surface area contributed by atoms with Crippen molar-refractivity contribution in [3.63, 3.8) is 0 Å². The number of anilines is 1. The first-order valence-corrected chi connectivity index (χ1v) is 12.6. The Morgan fingerprint density at radius 1 is 1.08 bits per heavy atom. The number of fused-ring (bicyclic) bond motifs is 1. The minimum atomic E-state index is -4.52. The summed E-state index contributed by atoms with van der Waals surface area (Å²) in [6.07, 6.45) is 1.18. The van der Waals surface area contributed by atoms with E-state index in [0.717, 1.165) is 50.9 Å². The molecule has 0 unspecified atom stereocenters. The topological polar surface area (TPSA) is 103 Å². The van der Waals surface area contributed by atoms with E-state index in [2.05, 4.69) is 20.5 Å². The van der Waals surface area contributed by atoms with Crippen LogP contribution in [0.4, 0.5) is 18.9 Å². The molecule has 2 fully saturated rings. The van der Waals surface area contributed by atoms with Gasteiger partial charge in [-0.15, -0.1) is 0 Å². The lowest BCUT2D eigenvalue weighted by Crippen LogP contribution is -2.63. The number of likely N-dealkylation sites (tertiary alicyclic amines) is 1. The first-order valence-electron chi connectivity index (χ1n) is 12.6. The third-order valence-corrected chi connectivity index (χ3v) is 7.39. The summed E-state index contributed by atoms with van der Waals surface area (Å²) in [5, 5.41) is 15.3. The van der Waals surface area contributed by atoms with Crippen LogP contribution in [0.25, 0.3) is 10.9 Å². The van der Waals surface area contributed by atoms with E-state index in [0.29, 0.717) is 6.04 Å². The van der Waals surface area contributed by atoms with Crippen LogP contribution in [0.1, 0.15) is 43.0 Å². The minimum Gasteiger partial charge on any atom is -0.376 e. The molecular formula is C27H27F3N6O2. The largest absolute Gasteiger partial charge is 0.416 e. The number of benzene rings is 1. The van der Waals surface area contributed by atoms with Gasteiger partial charge in [-0.1, -0.05) is 6.07 Å². The average molecular weight is 525 g/mol. The Kier molecular flexibility index (Phi) is 7.08. The van der Waals surface area contributed by atoms with Gasteiger partial charge >= 0.3 is 6.18 Å². The molecule has 0 atom stereocenters. The highest BCUT2D eigenvalue weighted by Gasteiger charge is 2.35. The molecule has 38 heavy (non-hydrogen) atoms. The van der Waals surface area contributed by atoms with Gasteiger partial charge in [-0.3, -0.25) is 14.5 Å². The Balaban J connectivity index is 1.13. The summed E-state index contributed by atoms with van der Waals surface area (Å²) < 4.78 is 41.4. The molecule has 5 rings (SSSR count). The Morgan fingerprint density at radius 3 is 2.50 bits per heavy atom. The summed E-state index contributed by atoms with van der Waals surface area (Å²) in [4.78, 5) is 31.1. The van der Waals surface area contributed by atoms with Crippen LogP contribution in [0.15, 0.2) is 53.5 Å². The second-order valence-electron chi connectivity index (χ2n) is 9.88. The van der Waals surface area contributed by atoms with E-state index in [-0.39, 0.29) is 52.4 Å². The smallest absolute Gasteiger partial charge is 0.376 e. The Hall–Kier alpha value is -3.91. The highest BCUT2D eigenvalue weighted by atomic mass is 19.4. The van der Waals surface area contributed by atoms with Crippen molar-refractivity contribution in [3.05, 3.63) is 70.3 Å². The van der Waals surface area contributed by atoms with Gasteiger partial charge in [-0.25, -0.2) is 4.98 Å². The van der Waals surface area contributed by atoms with E-state index in [4.69, 9.17) is 0 Å². The van der Waals surface area contributed by atoms with Gasteiger partial charge < -0.3 is 15.2 Å². The van der Waals surface area contributed by atoms with Crippen molar-refractivity contribution in [1.82, 2.24) is 19.8 Å². The molecule has 2 aromatic heterocycles. The molecule has 0 radical (unpaired) electrons. The van der Waals surface area contributed by atoms with E-state index in [1.807, 2.05) is 22.9 Å². The van der Waals surface area contributed by atoms with Crippen LogP contribution >= 0.6 is 0 Å². The molecule has 1 saturated carbocycles. The Bertz CT molecular complexity index is 1430. The van der Waals surface area contributed by atoms with Crippen LogP contribution in [0.5, 0.6) is 0 Å². The number of nitrogens with one attached hydrogen (secondary N) is 2. The molecule has 1 amide bonds. The number of aromatic nitrogens is 2. The Labute approximate surface area is 217 Å². The molecule has 1 aliphatic carbocycles. The maximum absolute atomic E-state index is 13.2. The van der Waals surface area contributed by atoms with Gasteiger partial charge in [-0.2, -0.15) is 18.4 Å². The third kappa shape index (κ3) is 5.50. The fourth-order valence-electron chi connectivity index (χ4n) is 5.40. The SMILES string of the molecule is N#Cc1cc(NCC(=O)NC2CN([C@H]3CC[C@H](n4ccccc4=O)CC3)C2)c2cc(C(F)(F)F)ccc2n1. The highest BCUT2D eigenvalue weighted by Crippen LogP contribution is 2.34. The summed E-state index contributed by atoms with van der Waals surface area (Å²) >= 11 is 0. The quantitative estimate of drug-likeness (QED) is 0.510. The number of alkyl halides is 3. The fourth-order valence-corrected chi connectivity index (χ4v) is 5.40. The fraction of sp³-hybridized carbons (Fsp3) is 0.407. The molecule has 8 nitrogen and oxygen atoms in total. The van der Waals surface area contributed by atoms with E-state index >= 15 is 0 Å². The van der Waals surface area contributed by atoms with Crippen molar-refractivity contribution >= 4 is 22.5 Å². The normalized spacial score (nSPS) is 20.5. The number of hydrogen-bond acceptors (Lipinski definition) is 6. The lowest BCUT2D eigenvalue weighted by atomic mass is 9.88. The van der Waals surface area contributed by atoms with Crippen LogP contribution in [0, 0.1) is 11.3 Å². The van der Waals surface area contributed by atoms with Gasteiger partial charge in [0.05, 0.1) is 23.7 Å². The van der Waals surface area contributed by atoms with Crippen LogP contribution in [-0.4, -0.2) is 52.1 Å². The predicted octanol–water partition coefficient (Wildman–Crippen LogP) is 3.68. The zero-order chi connectivity index (χ0) is 26.9. The van der Waals surface area contributed by atoms with E-state index < -0.39 is 11.7 Å². The number of carbonyl (C=O) groups is 1. The standard InChI is InChI=1S/C27H27F3N6O2/c28-27(29,30)17-4-9-23-22(11-17)24(12-18(13-31)33-23)32-14-25(37)34-19-15-35(16-19)20-5-7-21(8-6-20)36-10-2-1-3-26(36)38/h1-4,9-12,19-21H,5-8,14-16H2,(H,32,33)(H,34,37)/t20-,21-. The zero-order valence-electron chi connectivity index (χ0n) is 20.5. The molecule has 3 heterocycles. The van der Waals surface area contributed by atoms with Gasteiger partial charge in [0.25, 0.3) is 5.56 Å². The van der Waals surface area contributed by atoms with Crippen molar-refractivity contribution in [1.29, 1.82) is 5.26 Å². The maximum atomic E-state index is 13.2. The number of carbonyl (C=O) groups excluding carboxylic acids is 1. The van der Waals surface area contributed by atoms with E-state index in [1.165, 1.54) is 12.1 Å². The summed E-state index contributed by atoms with van der Waals surface area (Å²) in [6.45, 7) is 1.32. The monoisotopic (exact) mass is 524 g/mol. The number of nitrogens with zero attached hydrogens (tertiary/aromatic N) is 4. The number of amides is 1. The first kappa shape index (κ1) is 25.7. The number of pyridine rings is 2. The molecule has 1 aromatic carbocycles. The van der Waals surface area contributed by atoms with Crippen LogP contribution in [0.3, 0.4) is 0 Å². The lowest BCUT2D eigenvalue weighted by molar-refractivity contribution is -0.137. The van der Waals surface area contributed by atoms with E-state index in [9.17, 15) is 28.0 Å². The highest BCUT2D eigenvalue weighted by molar-refractivity contribution is 5.94. The van der Waals surface area contributed by atoms with Crippen LogP contribution < -0.4 is 16.2 Å². The molecule has 0 bridgehead atoms. The molecule has 1 aliphatic heterocycles. The molecule has 0 spiro atoms. The third-order valence-electron chi connectivity index (χ3n) is 7.39. The van der Waals surface area contributed by atoms with Crippen molar-refractivity contribution in [2.45, 2.75) is 50.0 Å². The van der Waals surface area contributed by atoms with Gasteiger partial charge in [0, 0.05) is 48.5 Å².